The van der Waals surface area contributed by atoms with Crippen molar-refractivity contribution in [3.63, 3.8) is 0 Å². The molecular weight excluding hydrogens is 306 g/mol. The van der Waals surface area contributed by atoms with E-state index in [9.17, 15) is 4.79 Å². The molecule has 6 heteroatoms. The first-order valence-electron chi connectivity index (χ1n) is 8.23. The van der Waals surface area contributed by atoms with Crippen LogP contribution in [-0.2, 0) is 21.3 Å². The lowest BCUT2D eigenvalue weighted by molar-refractivity contribution is -0.121. The Bertz CT molecular complexity index is 705. The van der Waals surface area contributed by atoms with Crippen LogP contribution in [0, 0.1) is 6.92 Å². The van der Waals surface area contributed by atoms with Crippen LogP contribution in [0.5, 0.6) is 0 Å². The zero-order valence-electron chi connectivity index (χ0n) is 14.1. The van der Waals surface area contributed by atoms with Crippen molar-refractivity contribution in [3.05, 3.63) is 35.9 Å². The van der Waals surface area contributed by atoms with Gasteiger partial charge in [0.25, 0.3) is 5.91 Å². The highest BCUT2D eigenvalue weighted by Gasteiger charge is 2.16. The maximum absolute atomic E-state index is 12.0. The standard InChI is InChI=1S/C18H23N3O3/c1-13-6-3-4-8-15(13)16-10-17(21(2)20-16)19-18(22)12-23-11-14-7-5-9-24-14/h3-4,6,8,10,14H,5,7,9,11-12H2,1-2H3,(H,19,22)/t14-/m0/s1. The molecule has 0 aliphatic carbocycles. The summed E-state index contributed by atoms with van der Waals surface area (Å²) >= 11 is 0. The summed E-state index contributed by atoms with van der Waals surface area (Å²) in [5.41, 5.74) is 3.04. The van der Waals surface area contributed by atoms with Crippen LogP contribution in [-0.4, -0.2) is 41.6 Å². The minimum absolute atomic E-state index is 0.0186. The maximum atomic E-state index is 12.0. The molecule has 1 aliphatic heterocycles. The first-order valence-corrected chi connectivity index (χ1v) is 8.23. The molecule has 1 fully saturated rings. The third kappa shape index (κ3) is 4.01. The lowest BCUT2D eigenvalue weighted by Crippen LogP contribution is -2.23. The average molecular weight is 329 g/mol. The van der Waals surface area contributed by atoms with Gasteiger partial charge in [-0.05, 0) is 25.3 Å². The molecule has 1 aromatic carbocycles. The molecule has 0 unspecified atom stereocenters. The number of carbonyl (C=O) groups excluding carboxylic acids is 1. The van der Waals surface area contributed by atoms with Gasteiger partial charge in [0.15, 0.2) is 0 Å². The summed E-state index contributed by atoms with van der Waals surface area (Å²) < 4.78 is 12.6. The van der Waals surface area contributed by atoms with Crippen molar-refractivity contribution in [2.24, 2.45) is 7.05 Å². The van der Waals surface area contributed by atoms with Crippen molar-refractivity contribution in [3.8, 4) is 11.3 Å². The van der Waals surface area contributed by atoms with E-state index in [0.29, 0.717) is 12.4 Å². The van der Waals surface area contributed by atoms with Crippen LogP contribution in [0.3, 0.4) is 0 Å². The second-order valence-corrected chi connectivity index (χ2v) is 6.05. The highest BCUT2D eigenvalue weighted by molar-refractivity contribution is 5.91. The molecule has 6 nitrogen and oxygen atoms in total. The van der Waals surface area contributed by atoms with Crippen LogP contribution < -0.4 is 5.32 Å². The lowest BCUT2D eigenvalue weighted by Gasteiger charge is -2.10. The fourth-order valence-corrected chi connectivity index (χ4v) is 2.81. The molecule has 1 amide bonds. The molecule has 24 heavy (non-hydrogen) atoms. The number of benzene rings is 1. The minimum Gasteiger partial charge on any atom is -0.376 e. The fraction of sp³-hybridized carbons (Fsp3) is 0.444. The number of nitrogens with one attached hydrogen (secondary N) is 1. The third-order valence-corrected chi connectivity index (χ3v) is 4.13. The Morgan fingerprint density at radius 1 is 1.46 bits per heavy atom. The number of amides is 1. The Morgan fingerprint density at radius 2 is 2.29 bits per heavy atom. The summed E-state index contributed by atoms with van der Waals surface area (Å²) in [4.78, 5) is 12.0. The molecule has 2 heterocycles. The number of carbonyl (C=O) groups is 1. The first-order chi connectivity index (χ1) is 11.6. The van der Waals surface area contributed by atoms with E-state index in [0.717, 1.165) is 36.3 Å². The summed E-state index contributed by atoms with van der Waals surface area (Å²) in [6, 6.07) is 9.92. The van der Waals surface area contributed by atoms with Gasteiger partial charge in [-0.2, -0.15) is 5.10 Å². The van der Waals surface area contributed by atoms with Crippen LogP contribution in [0.2, 0.25) is 0 Å². The molecule has 0 saturated carbocycles. The van der Waals surface area contributed by atoms with Crippen molar-refractivity contribution in [2.45, 2.75) is 25.9 Å². The van der Waals surface area contributed by atoms with Gasteiger partial charge in [0.05, 0.1) is 18.4 Å². The van der Waals surface area contributed by atoms with Crippen LogP contribution in [0.15, 0.2) is 30.3 Å². The normalized spacial score (nSPS) is 17.2. The Hall–Kier alpha value is -2.18. The van der Waals surface area contributed by atoms with Gasteiger partial charge >= 0.3 is 0 Å². The number of hydrogen-bond donors (Lipinski definition) is 1. The van der Waals surface area contributed by atoms with Gasteiger partial charge in [-0.3, -0.25) is 9.48 Å². The monoisotopic (exact) mass is 329 g/mol. The van der Waals surface area contributed by atoms with E-state index >= 15 is 0 Å². The molecule has 0 radical (unpaired) electrons. The summed E-state index contributed by atoms with van der Waals surface area (Å²) in [5, 5.41) is 7.32. The molecule has 1 saturated heterocycles. The molecular formula is C18H23N3O3. The molecule has 0 bridgehead atoms. The van der Waals surface area contributed by atoms with Gasteiger partial charge in [-0.15, -0.1) is 0 Å². The predicted octanol–water partition coefficient (Wildman–Crippen LogP) is 2.53. The lowest BCUT2D eigenvalue weighted by atomic mass is 10.1. The summed E-state index contributed by atoms with van der Waals surface area (Å²) in [6.07, 6.45) is 2.20. The number of rotatable bonds is 6. The van der Waals surface area contributed by atoms with Gasteiger partial charge in [-0.1, -0.05) is 24.3 Å². The van der Waals surface area contributed by atoms with Gasteiger partial charge in [0.1, 0.15) is 12.4 Å². The number of nitrogens with zero attached hydrogens (tertiary/aromatic N) is 2. The van der Waals surface area contributed by atoms with E-state index < -0.39 is 0 Å². The smallest absolute Gasteiger partial charge is 0.251 e. The molecule has 1 N–H and O–H groups in total. The van der Waals surface area contributed by atoms with Crippen molar-refractivity contribution in [1.82, 2.24) is 9.78 Å². The topological polar surface area (TPSA) is 65.4 Å². The minimum atomic E-state index is -0.188. The fourth-order valence-electron chi connectivity index (χ4n) is 2.81. The molecule has 1 aliphatic rings. The van der Waals surface area contributed by atoms with Gasteiger partial charge in [0.2, 0.25) is 0 Å². The van der Waals surface area contributed by atoms with E-state index in [4.69, 9.17) is 9.47 Å². The average Bonchev–Trinajstić information content (AvgIpc) is 3.18. The molecule has 2 aromatic rings. The molecule has 128 valence electrons. The Morgan fingerprint density at radius 3 is 3.04 bits per heavy atom. The number of aromatic nitrogens is 2. The van der Waals surface area contributed by atoms with Crippen molar-refractivity contribution < 1.29 is 14.3 Å². The summed E-state index contributed by atoms with van der Waals surface area (Å²) in [7, 11) is 1.81. The van der Waals surface area contributed by atoms with Crippen LogP contribution in [0.1, 0.15) is 18.4 Å². The second-order valence-electron chi connectivity index (χ2n) is 6.05. The predicted molar refractivity (Wildman–Crippen MR) is 91.8 cm³/mol. The maximum Gasteiger partial charge on any atom is 0.251 e. The zero-order valence-corrected chi connectivity index (χ0v) is 14.1. The van der Waals surface area contributed by atoms with Gasteiger partial charge in [0, 0.05) is 25.3 Å². The van der Waals surface area contributed by atoms with Crippen molar-refractivity contribution >= 4 is 11.7 Å². The van der Waals surface area contributed by atoms with E-state index in [1.807, 2.05) is 44.3 Å². The van der Waals surface area contributed by atoms with E-state index in [2.05, 4.69) is 10.4 Å². The quantitative estimate of drug-likeness (QED) is 0.884. The number of hydrogen-bond acceptors (Lipinski definition) is 4. The van der Waals surface area contributed by atoms with Gasteiger partial charge < -0.3 is 14.8 Å². The molecule has 1 atom stereocenters. The van der Waals surface area contributed by atoms with Crippen LogP contribution >= 0.6 is 0 Å². The second kappa shape index (κ2) is 7.59. The number of ether oxygens (including phenoxy) is 2. The zero-order chi connectivity index (χ0) is 16.9. The number of anilines is 1. The van der Waals surface area contributed by atoms with Crippen LogP contribution in [0.25, 0.3) is 11.3 Å². The summed E-state index contributed by atoms with van der Waals surface area (Å²) in [6.45, 7) is 3.32. The Labute approximate surface area is 141 Å². The van der Waals surface area contributed by atoms with Crippen LogP contribution in [0.4, 0.5) is 5.82 Å². The largest absolute Gasteiger partial charge is 0.376 e. The number of aryl methyl sites for hydroxylation is 2. The Kier molecular flexibility index (Phi) is 5.27. The first kappa shape index (κ1) is 16.7. The molecule has 0 spiro atoms. The van der Waals surface area contributed by atoms with Crippen molar-refractivity contribution in [1.29, 1.82) is 0 Å². The van der Waals surface area contributed by atoms with E-state index in [1.165, 1.54) is 0 Å². The van der Waals surface area contributed by atoms with Gasteiger partial charge in [-0.25, -0.2) is 0 Å². The Balaban J connectivity index is 1.57. The van der Waals surface area contributed by atoms with E-state index in [1.54, 1.807) is 4.68 Å². The SMILES string of the molecule is Cc1ccccc1-c1cc(NC(=O)COC[C@@H]2CCCO2)n(C)n1. The van der Waals surface area contributed by atoms with Crippen molar-refractivity contribution in [2.75, 3.05) is 25.1 Å². The highest BCUT2D eigenvalue weighted by atomic mass is 16.5. The summed E-state index contributed by atoms with van der Waals surface area (Å²) in [5.74, 6) is 0.464. The molecule has 3 rings (SSSR count). The van der Waals surface area contributed by atoms with E-state index in [-0.39, 0.29) is 18.6 Å². The molecule has 1 aromatic heterocycles. The highest BCUT2D eigenvalue weighted by Crippen LogP contribution is 2.24. The third-order valence-electron chi connectivity index (χ3n) is 4.13.